The molecule has 0 aliphatic rings. The van der Waals surface area contributed by atoms with E-state index >= 15 is 0 Å². The lowest BCUT2D eigenvalue weighted by atomic mass is 9.99. The van der Waals surface area contributed by atoms with Gasteiger partial charge < -0.3 is 5.32 Å². The van der Waals surface area contributed by atoms with Crippen LogP contribution in [0.3, 0.4) is 0 Å². The molecule has 1 heteroatoms. The van der Waals surface area contributed by atoms with Crippen LogP contribution in [0, 0.1) is 0 Å². The number of nitrogens with one attached hydrogen (secondary N) is 1. The molecule has 1 N–H and O–H groups in total. The molecule has 0 radical (unpaired) electrons. The van der Waals surface area contributed by atoms with Gasteiger partial charge in [-0.25, -0.2) is 0 Å². The lowest BCUT2D eigenvalue weighted by Crippen LogP contribution is -2.11. The molecule has 1 rings (SSSR count). The SMILES string of the molecule is C=C/C=C(/CNC)C(=C)c1ccccc1. The Morgan fingerprint density at radius 3 is 2.53 bits per heavy atom. The molecule has 0 fully saturated rings. The molecule has 0 aliphatic heterocycles. The van der Waals surface area contributed by atoms with Crippen LogP contribution < -0.4 is 5.32 Å². The summed E-state index contributed by atoms with van der Waals surface area (Å²) in [7, 11) is 1.93. The van der Waals surface area contributed by atoms with Gasteiger partial charge in [0.15, 0.2) is 0 Å². The zero-order valence-corrected chi connectivity index (χ0v) is 9.16. The molecule has 0 spiro atoms. The first kappa shape index (κ1) is 11.5. The maximum Gasteiger partial charge on any atom is 0.0208 e. The first-order chi connectivity index (χ1) is 7.29. The van der Waals surface area contributed by atoms with Gasteiger partial charge in [0.2, 0.25) is 0 Å². The Balaban J connectivity index is 2.91. The molecular weight excluding hydrogens is 182 g/mol. The molecule has 0 atom stereocenters. The summed E-state index contributed by atoms with van der Waals surface area (Å²) in [6.45, 7) is 8.63. The third-order valence-corrected chi connectivity index (χ3v) is 2.20. The van der Waals surface area contributed by atoms with Crippen molar-refractivity contribution in [2.45, 2.75) is 0 Å². The van der Waals surface area contributed by atoms with E-state index in [0.717, 1.165) is 17.7 Å². The molecule has 0 heterocycles. The van der Waals surface area contributed by atoms with E-state index in [2.05, 4.69) is 30.6 Å². The minimum absolute atomic E-state index is 0.805. The van der Waals surface area contributed by atoms with Crippen molar-refractivity contribution >= 4 is 5.57 Å². The summed E-state index contributed by atoms with van der Waals surface area (Å²) < 4.78 is 0. The molecular formula is C14H17N. The van der Waals surface area contributed by atoms with Crippen LogP contribution in [-0.4, -0.2) is 13.6 Å². The van der Waals surface area contributed by atoms with E-state index in [-0.39, 0.29) is 0 Å². The normalized spacial score (nSPS) is 11.1. The van der Waals surface area contributed by atoms with Crippen molar-refractivity contribution in [1.82, 2.24) is 5.32 Å². The standard InChI is InChI=1S/C14H17N/c1-4-8-14(11-15-3)12(2)13-9-6-5-7-10-13/h4-10,15H,1-2,11H2,3H3/b14-8-. The number of rotatable bonds is 5. The molecule has 1 nitrogen and oxygen atoms in total. The second-order valence-corrected chi connectivity index (χ2v) is 3.30. The van der Waals surface area contributed by atoms with E-state index in [9.17, 15) is 0 Å². The van der Waals surface area contributed by atoms with E-state index in [0.29, 0.717) is 0 Å². The molecule has 0 aromatic heterocycles. The van der Waals surface area contributed by atoms with Gasteiger partial charge in [0, 0.05) is 6.54 Å². The zero-order chi connectivity index (χ0) is 11.1. The fourth-order valence-corrected chi connectivity index (χ4v) is 1.42. The zero-order valence-electron chi connectivity index (χ0n) is 9.16. The van der Waals surface area contributed by atoms with E-state index in [1.165, 1.54) is 5.57 Å². The second-order valence-electron chi connectivity index (χ2n) is 3.30. The smallest absolute Gasteiger partial charge is 0.0208 e. The average Bonchev–Trinajstić information content (AvgIpc) is 2.29. The third-order valence-electron chi connectivity index (χ3n) is 2.20. The molecule has 15 heavy (non-hydrogen) atoms. The summed E-state index contributed by atoms with van der Waals surface area (Å²) in [5.74, 6) is 0. The van der Waals surface area contributed by atoms with E-state index in [1.54, 1.807) is 6.08 Å². The first-order valence-corrected chi connectivity index (χ1v) is 5.00. The minimum atomic E-state index is 0.805. The monoisotopic (exact) mass is 199 g/mol. The van der Waals surface area contributed by atoms with Gasteiger partial charge in [-0.05, 0) is 23.8 Å². The predicted molar refractivity (Wildman–Crippen MR) is 67.7 cm³/mol. The maximum absolute atomic E-state index is 4.11. The van der Waals surface area contributed by atoms with Gasteiger partial charge >= 0.3 is 0 Å². The molecule has 0 unspecified atom stereocenters. The molecule has 0 amide bonds. The summed E-state index contributed by atoms with van der Waals surface area (Å²) in [5.41, 5.74) is 3.37. The highest BCUT2D eigenvalue weighted by molar-refractivity contribution is 5.77. The Hall–Kier alpha value is -1.60. The molecule has 1 aromatic rings. The van der Waals surface area contributed by atoms with Crippen molar-refractivity contribution in [2.24, 2.45) is 0 Å². The van der Waals surface area contributed by atoms with Gasteiger partial charge in [-0.15, -0.1) is 0 Å². The number of hydrogen-bond acceptors (Lipinski definition) is 1. The third kappa shape index (κ3) is 3.22. The molecule has 1 aromatic carbocycles. The van der Waals surface area contributed by atoms with Crippen LogP contribution in [0.1, 0.15) is 5.56 Å². The topological polar surface area (TPSA) is 12.0 Å². The molecule has 78 valence electrons. The van der Waals surface area contributed by atoms with Crippen molar-refractivity contribution in [3.8, 4) is 0 Å². The van der Waals surface area contributed by atoms with Gasteiger partial charge in [0.1, 0.15) is 0 Å². The molecule has 0 aliphatic carbocycles. The maximum atomic E-state index is 4.11. The summed E-state index contributed by atoms with van der Waals surface area (Å²) >= 11 is 0. The van der Waals surface area contributed by atoms with Crippen LogP contribution >= 0.6 is 0 Å². The summed E-state index contributed by atoms with van der Waals surface area (Å²) in [6.07, 6.45) is 3.78. The van der Waals surface area contributed by atoms with Gasteiger partial charge in [0.25, 0.3) is 0 Å². The fraction of sp³-hybridized carbons (Fsp3) is 0.143. The molecule has 0 saturated heterocycles. The Bertz CT molecular complexity index is 360. The lowest BCUT2D eigenvalue weighted by molar-refractivity contribution is 0.899. The Morgan fingerprint density at radius 2 is 2.00 bits per heavy atom. The first-order valence-electron chi connectivity index (χ1n) is 5.00. The minimum Gasteiger partial charge on any atom is -0.316 e. The summed E-state index contributed by atoms with van der Waals surface area (Å²) in [4.78, 5) is 0. The van der Waals surface area contributed by atoms with Gasteiger partial charge in [-0.2, -0.15) is 0 Å². The van der Waals surface area contributed by atoms with Gasteiger partial charge in [-0.1, -0.05) is 55.6 Å². The lowest BCUT2D eigenvalue weighted by Gasteiger charge is -2.10. The van der Waals surface area contributed by atoms with Crippen LogP contribution in [0.4, 0.5) is 0 Å². The highest BCUT2D eigenvalue weighted by atomic mass is 14.8. The van der Waals surface area contributed by atoms with Crippen LogP contribution in [0.2, 0.25) is 0 Å². The second kappa shape index (κ2) is 5.99. The average molecular weight is 199 g/mol. The van der Waals surface area contributed by atoms with Crippen LogP contribution in [-0.2, 0) is 0 Å². The fourth-order valence-electron chi connectivity index (χ4n) is 1.42. The Kier molecular flexibility index (Phi) is 4.58. The number of allylic oxidation sites excluding steroid dienone is 2. The van der Waals surface area contributed by atoms with Crippen LogP contribution in [0.5, 0.6) is 0 Å². The quantitative estimate of drug-likeness (QED) is 0.719. The van der Waals surface area contributed by atoms with Crippen molar-refractivity contribution in [1.29, 1.82) is 0 Å². The van der Waals surface area contributed by atoms with Crippen molar-refractivity contribution in [3.05, 3.63) is 66.8 Å². The Labute approximate surface area is 91.8 Å². The number of benzene rings is 1. The van der Waals surface area contributed by atoms with Crippen molar-refractivity contribution in [2.75, 3.05) is 13.6 Å². The van der Waals surface area contributed by atoms with E-state index in [1.807, 2.05) is 31.3 Å². The predicted octanol–water partition coefficient (Wildman–Crippen LogP) is 3.03. The molecule has 0 bridgehead atoms. The van der Waals surface area contributed by atoms with E-state index < -0.39 is 0 Å². The van der Waals surface area contributed by atoms with Gasteiger partial charge in [-0.3, -0.25) is 0 Å². The highest BCUT2D eigenvalue weighted by Gasteiger charge is 2.02. The van der Waals surface area contributed by atoms with Crippen LogP contribution in [0.25, 0.3) is 5.57 Å². The largest absolute Gasteiger partial charge is 0.316 e. The molecule has 0 saturated carbocycles. The Morgan fingerprint density at radius 1 is 1.33 bits per heavy atom. The number of likely N-dealkylation sites (N-methyl/N-ethyl adjacent to an activating group) is 1. The summed E-state index contributed by atoms with van der Waals surface area (Å²) in [6, 6.07) is 10.2. The van der Waals surface area contributed by atoms with Crippen molar-refractivity contribution < 1.29 is 0 Å². The number of hydrogen-bond donors (Lipinski definition) is 1. The summed E-state index contributed by atoms with van der Waals surface area (Å²) in [5, 5.41) is 3.13. The van der Waals surface area contributed by atoms with Gasteiger partial charge in [0.05, 0.1) is 0 Å². The van der Waals surface area contributed by atoms with Crippen LogP contribution in [0.15, 0.2) is 61.2 Å². The van der Waals surface area contributed by atoms with Crippen molar-refractivity contribution in [3.63, 3.8) is 0 Å². The van der Waals surface area contributed by atoms with E-state index in [4.69, 9.17) is 0 Å². The highest BCUT2D eigenvalue weighted by Crippen LogP contribution is 2.20.